The predicted octanol–water partition coefficient (Wildman–Crippen LogP) is 1.70. The highest BCUT2D eigenvalue weighted by Crippen LogP contribution is 2.25. The van der Waals surface area contributed by atoms with Crippen LogP contribution in [0.2, 0.25) is 0 Å². The van der Waals surface area contributed by atoms with Crippen molar-refractivity contribution in [1.82, 2.24) is 0 Å². The lowest BCUT2D eigenvalue weighted by Crippen LogP contribution is -2.19. The molecule has 1 aromatic rings. The molecule has 2 rings (SSSR count). The van der Waals surface area contributed by atoms with Gasteiger partial charge in [-0.25, -0.2) is 13.6 Å². The SMILES string of the molecule is C=Cc1cccc2c1CCCC2=NCS(N)(=O)=O. The first-order valence-corrected chi connectivity index (χ1v) is 7.51. The van der Waals surface area contributed by atoms with Gasteiger partial charge >= 0.3 is 0 Å². The van der Waals surface area contributed by atoms with Gasteiger partial charge in [0.05, 0.1) is 0 Å². The van der Waals surface area contributed by atoms with Crippen LogP contribution >= 0.6 is 0 Å². The van der Waals surface area contributed by atoms with Crippen LogP contribution < -0.4 is 5.14 Å². The fourth-order valence-electron chi connectivity index (χ4n) is 2.24. The van der Waals surface area contributed by atoms with Crippen LogP contribution in [0.25, 0.3) is 6.08 Å². The molecule has 0 spiro atoms. The Balaban J connectivity index is 2.43. The van der Waals surface area contributed by atoms with Crippen molar-refractivity contribution in [3.63, 3.8) is 0 Å². The molecule has 18 heavy (non-hydrogen) atoms. The predicted molar refractivity (Wildman–Crippen MR) is 74.0 cm³/mol. The molecule has 0 aliphatic heterocycles. The van der Waals surface area contributed by atoms with Gasteiger partial charge in [0.1, 0.15) is 0 Å². The Morgan fingerprint density at radius 3 is 2.83 bits per heavy atom. The molecule has 0 radical (unpaired) electrons. The molecule has 5 heteroatoms. The van der Waals surface area contributed by atoms with Crippen molar-refractivity contribution in [2.75, 3.05) is 5.88 Å². The number of sulfonamides is 1. The van der Waals surface area contributed by atoms with E-state index in [1.807, 2.05) is 24.3 Å². The maximum absolute atomic E-state index is 11.0. The Labute approximate surface area is 107 Å². The van der Waals surface area contributed by atoms with Crippen molar-refractivity contribution in [1.29, 1.82) is 0 Å². The van der Waals surface area contributed by atoms with E-state index in [1.165, 1.54) is 5.56 Å². The number of hydrogen-bond donors (Lipinski definition) is 1. The Hall–Kier alpha value is -1.46. The van der Waals surface area contributed by atoms with E-state index < -0.39 is 10.0 Å². The molecular weight excluding hydrogens is 248 g/mol. The molecule has 96 valence electrons. The van der Waals surface area contributed by atoms with Crippen LogP contribution in [-0.2, 0) is 16.4 Å². The standard InChI is InChI=1S/C13H16N2O2S/c1-2-10-5-3-7-12-11(10)6-4-8-13(12)15-9-18(14,16)17/h2-3,5,7H,1,4,6,8-9H2,(H2,14,16,17). The van der Waals surface area contributed by atoms with E-state index in [9.17, 15) is 8.42 Å². The lowest BCUT2D eigenvalue weighted by atomic mass is 9.87. The fourth-order valence-corrected chi connectivity index (χ4v) is 2.58. The number of benzene rings is 1. The molecule has 1 aliphatic carbocycles. The monoisotopic (exact) mass is 264 g/mol. The minimum absolute atomic E-state index is 0.347. The summed E-state index contributed by atoms with van der Waals surface area (Å²) >= 11 is 0. The first-order valence-electron chi connectivity index (χ1n) is 5.80. The summed E-state index contributed by atoms with van der Waals surface area (Å²) in [5.74, 6) is -0.347. The summed E-state index contributed by atoms with van der Waals surface area (Å²) in [6.45, 7) is 3.79. The maximum Gasteiger partial charge on any atom is 0.229 e. The zero-order valence-corrected chi connectivity index (χ0v) is 10.9. The molecule has 0 unspecified atom stereocenters. The highest BCUT2D eigenvalue weighted by Gasteiger charge is 2.17. The second-order valence-electron chi connectivity index (χ2n) is 4.33. The van der Waals surface area contributed by atoms with Gasteiger partial charge in [-0.1, -0.05) is 30.9 Å². The van der Waals surface area contributed by atoms with Gasteiger partial charge in [-0.3, -0.25) is 4.99 Å². The number of nitrogens with zero attached hydrogens (tertiary/aromatic N) is 1. The lowest BCUT2D eigenvalue weighted by Gasteiger charge is -2.20. The van der Waals surface area contributed by atoms with Gasteiger partial charge in [-0.05, 0) is 36.0 Å². The summed E-state index contributed by atoms with van der Waals surface area (Å²) in [5.41, 5.74) is 4.15. The van der Waals surface area contributed by atoms with Gasteiger partial charge in [-0.2, -0.15) is 0 Å². The first-order chi connectivity index (χ1) is 8.51. The van der Waals surface area contributed by atoms with Gasteiger partial charge in [0.25, 0.3) is 0 Å². The van der Waals surface area contributed by atoms with E-state index in [-0.39, 0.29) is 5.88 Å². The zero-order chi connectivity index (χ0) is 13.2. The fraction of sp³-hybridized carbons (Fsp3) is 0.308. The smallest absolute Gasteiger partial charge is 0.229 e. The van der Waals surface area contributed by atoms with Crippen molar-refractivity contribution in [2.24, 2.45) is 10.1 Å². The van der Waals surface area contributed by atoms with Crippen molar-refractivity contribution in [3.8, 4) is 0 Å². The summed E-state index contributed by atoms with van der Waals surface area (Å²) in [7, 11) is -3.55. The van der Waals surface area contributed by atoms with Crippen LogP contribution in [0.5, 0.6) is 0 Å². The average molecular weight is 264 g/mol. The lowest BCUT2D eigenvalue weighted by molar-refractivity contribution is 0.598. The van der Waals surface area contributed by atoms with Gasteiger partial charge < -0.3 is 0 Å². The quantitative estimate of drug-likeness (QED) is 0.902. The summed E-state index contributed by atoms with van der Waals surface area (Å²) in [4.78, 5) is 4.14. The van der Waals surface area contributed by atoms with Gasteiger partial charge in [0, 0.05) is 5.71 Å². The first kappa shape index (κ1) is 13.0. The van der Waals surface area contributed by atoms with E-state index in [4.69, 9.17) is 5.14 Å². The Morgan fingerprint density at radius 2 is 2.17 bits per heavy atom. The molecular formula is C13H16N2O2S. The van der Waals surface area contributed by atoms with Crippen molar-refractivity contribution < 1.29 is 8.42 Å². The largest absolute Gasteiger partial charge is 0.272 e. The molecule has 0 bridgehead atoms. The van der Waals surface area contributed by atoms with Crippen LogP contribution in [0.1, 0.15) is 29.5 Å². The van der Waals surface area contributed by atoms with Gasteiger partial charge in [0.15, 0.2) is 5.88 Å². The Bertz CT molecular complexity index is 603. The number of nitrogens with two attached hydrogens (primary N) is 1. The second-order valence-corrected chi connectivity index (χ2v) is 5.91. The molecule has 2 N–H and O–H groups in total. The van der Waals surface area contributed by atoms with E-state index >= 15 is 0 Å². The molecule has 0 aromatic heterocycles. The van der Waals surface area contributed by atoms with Crippen LogP contribution in [-0.4, -0.2) is 20.0 Å². The van der Waals surface area contributed by atoms with E-state index in [0.29, 0.717) is 0 Å². The second kappa shape index (κ2) is 5.04. The maximum atomic E-state index is 11.0. The minimum Gasteiger partial charge on any atom is -0.272 e. The molecule has 1 aromatic carbocycles. The number of primary sulfonamides is 1. The van der Waals surface area contributed by atoms with Crippen molar-refractivity contribution in [2.45, 2.75) is 19.3 Å². The van der Waals surface area contributed by atoms with Gasteiger partial charge in [0.2, 0.25) is 10.0 Å². The molecule has 0 saturated carbocycles. The van der Waals surface area contributed by atoms with E-state index in [0.717, 1.165) is 36.1 Å². The van der Waals surface area contributed by atoms with Gasteiger partial charge in [-0.15, -0.1) is 0 Å². The number of fused-ring (bicyclic) bond motifs is 1. The molecule has 0 heterocycles. The third-order valence-electron chi connectivity index (χ3n) is 3.02. The normalized spacial score (nSPS) is 17.5. The average Bonchev–Trinajstić information content (AvgIpc) is 2.34. The van der Waals surface area contributed by atoms with E-state index in [2.05, 4.69) is 11.6 Å². The summed E-state index contributed by atoms with van der Waals surface area (Å²) < 4.78 is 21.9. The summed E-state index contributed by atoms with van der Waals surface area (Å²) in [6, 6.07) is 5.92. The summed E-state index contributed by atoms with van der Waals surface area (Å²) in [6.07, 6.45) is 4.57. The van der Waals surface area contributed by atoms with Crippen LogP contribution in [0.3, 0.4) is 0 Å². The molecule has 0 atom stereocenters. The third kappa shape index (κ3) is 2.86. The zero-order valence-electron chi connectivity index (χ0n) is 10.1. The molecule has 0 saturated heterocycles. The topological polar surface area (TPSA) is 72.5 Å². The van der Waals surface area contributed by atoms with Crippen LogP contribution in [0.4, 0.5) is 0 Å². The van der Waals surface area contributed by atoms with E-state index in [1.54, 1.807) is 0 Å². The molecule has 0 amide bonds. The van der Waals surface area contributed by atoms with Crippen molar-refractivity contribution >= 4 is 21.8 Å². The number of rotatable bonds is 3. The summed E-state index contributed by atoms with van der Waals surface area (Å²) in [5, 5.41) is 4.98. The van der Waals surface area contributed by atoms with Crippen molar-refractivity contribution in [3.05, 3.63) is 41.5 Å². The highest BCUT2D eigenvalue weighted by molar-refractivity contribution is 7.89. The van der Waals surface area contributed by atoms with Crippen LogP contribution in [0.15, 0.2) is 29.8 Å². The molecule has 1 aliphatic rings. The Morgan fingerprint density at radius 1 is 1.39 bits per heavy atom. The third-order valence-corrected chi connectivity index (χ3v) is 3.51. The van der Waals surface area contributed by atoms with Crippen LogP contribution in [0, 0.1) is 0 Å². The highest BCUT2D eigenvalue weighted by atomic mass is 32.2. The molecule has 0 fully saturated rings. The minimum atomic E-state index is -3.55. The number of aliphatic imine (C=N–C) groups is 1. The molecule has 4 nitrogen and oxygen atoms in total. The Kier molecular flexibility index (Phi) is 3.63. The number of hydrogen-bond acceptors (Lipinski definition) is 3.